The number of nitrogens with one attached hydrogen (secondary N) is 5. The van der Waals surface area contributed by atoms with Crippen LogP contribution in [0.25, 0.3) is 0 Å². The minimum atomic E-state index is -1.47. The van der Waals surface area contributed by atoms with Crippen LogP contribution in [0, 0.1) is 0 Å². The smallest absolute Gasteiger partial charge is 0.330 e. The number of carboxylic acid groups (broad SMARTS) is 1. The minimum absolute atomic E-state index is 0.0490. The fraction of sp³-hybridized carbons (Fsp3) is 0.333. The van der Waals surface area contributed by atoms with E-state index in [0.717, 1.165) is 24.9 Å². The average Bonchev–Trinajstić information content (AvgIpc) is 3.47. The maximum atomic E-state index is 14.0. The van der Waals surface area contributed by atoms with E-state index in [0.29, 0.717) is 0 Å². The lowest BCUT2D eigenvalue weighted by Gasteiger charge is -2.27. The summed E-state index contributed by atoms with van der Waals surface area (Å²) < 4.78 is 4.04. The van der Waals surface area contributed by atoms with Gasteiger partial charge in [0.15, 0.2) is 29.0 Å². The second-order valence-electron chi connectivity index (χ2n) is 12.7. The van der Waals surface area contributed by atoms with Crippen molar-refractivity contribution in [3.63, 3.8) is 0 Å². The van der Waals surface area contributed by atoms with Gasteiger partial charge in [-0.25, -0.2) is 4.79 Å². The molecule has 54 heavy (non-hydrogen) atoms. The molecule has 5 atom stereocenters. The van der Waals surface area contributed by atoms with Gasteiger partial charge in [0, 0.05) is 11.3 Å². The molecule has 1 aliphatic rings. The van der Waals surface area contributed by atoms with Gasteiger partial charge in [0.2, 0.25) is 11.8 Å². The highest BCUT2D eigenvalue weighted by atomic mass is 32.2. The van der Waals surface area contributed by atoms with E-state index in [2.05, 4.69) is 26.6 Å². The summed E-state index contributed by atoms with van der Waals surface area (Å²) in [7, 11) is 1.10. The monoisotopic (exact) mass is 767 g/mol. The van der Waals surface area contributed by atoms with Crippen LogP contribution in [0.2, 0.25) is 0 Å². The number of amides is 4. The Balaban J connectivity index is 1.58. The van der Waals surface area contributed by atoms with Crippen molar-refractivity contribution in [1.82, 2.24) is 26.6 Å². The number of thioether (sulfide) groups is 1. The highest BCUT2D eigenvalue weighted by molar-refractivity contribution is 8.01. The van der Waals surface area contributed by atoms with E-state index in [4.69, 9.17) is 4.74 Å². The van der Waals surface area contributed by atoms with Crippen molar-refractivity contribution in [3.8, 4) is 23.0 Å². The molecule has 3 unspecified atom stereocenters. The van der Waals surface area contributed by atoms with Crippen LogP contribution in [0.15, 0.2) is 66.7 Å². The van der Waals surface area contributed by atoms with E-state index < -0.39 is 92.9 Å². The quantitative estimate of drug-likeness (QED) is 0.0592. The first-order valence-corrected chi connectivity index (χ1v) is 17.4. The summed E-state index contributed by atoms with van der Waals surface area (Å²) in [6.45, 7) is 3.26. The third-order valence-corrected chi connectivity index (χ3v) is 10.0. The zero-order valence-electron chi connectivity index (χ0n) is 29.4. The largest absolute Gasteiger partial charge is 0.504 e. The fourth-order valence-corrected chi connectivity index (χ4v) is 7.15. The van der Waals surface area contributed by atoms with Crippen molar-refractivity contribution in [3.05, 3.63) is 83.4 Å². The van der Waals surface area contributed by atoms with Crippen LogP contribution in [-0.4, -0.2) is 103 Å². The molecule has 0 aliphatic carbocycles. The van der Waals surface area contributed by atoms with Crippen molar-refractivity contribution in [2.24, 2.45) is 0 Å². The highest BCUT2D eigenvalue weighted by Gasteiger charge is 2.50. The Morgan fingerprint density at radius 2 is 1.39 bits per heavy atom. The van der Waals surface area contributed by atoms with Gasteiger partial charge in [-0.3, -0.25) is 29.3 Å². The number of hydrogen-bond acceptors (Lipinski definition) is 13. The molecular weight excluding hydrogens is 726 g/mol. The van der Waals surface area contributed by atoms with Gasteiger partial charge in [-0.2, -0.15) is 0 Å². The number of benzene rings is 3. The van der Waals surface area contributed by atoms with E-state index in [1.54, 1.807) is 32.0 Å². The molecule has 4 rings (SSSR count). The first-order valence-electron chi connectivity index (χ1n) is 16.6. The Hall–Kier alpha value is -6.01. The molecule has 1 fully saturated rings. The van der Waals surface area contributed by atoms with Crippen molar-refractivity contribution < 1.29 is 59.0 Å². The number of methoxy groups -OCH3 is 1. The number of phenolic OH excluding ortho intramolecular Hbond substituents is 4. The lowest BCUT2D eigenvalue weighted by molar-refractivity contribution is -0.146. The number of aliphatic carboxylic acids is 1. The molecule has 18 heteroatoms. The van der Waals surface area contributed by atoms with E-state index in [1.807, 2.05) is 0 Å². The van der Waals surface area contributed by atoms with Crippen molar-refractivity contribution in [2.45, 2.75) is 61.0 Å². The highest BCUT2D eigenvalue weighted by Crippen LogP contribution is 2.39. The van der Waals surface area contributed by atoms with Crippen LogP contribution in [0.4, 0.5) is 0 Å². The molecule has 17 nitrogen and oxygen atoms in total. The van der Waals surface area contributed by atoms with E-state index in [-0.39, 0.29) is 36.1 Å². The summed E-state index contributed by atoms with van der Waals surface area (Å²) in [5.74, 6) is -7.96. The zero-order valence-corrected chi connectivity index (χ0v) is 30.2. The number of esters is 1. The molecule has 1 aliphatic heterocycles. The molecule has 10 N–H and O–H groups in total. The predicted molar refractivity (Wildman–Crippen MR) is 194 cm³/mol. The number of carbonyl (C=O) groups is 6. The van der Waals surface area contributed by atoms with Gasteiger partial charge < -0.3 is 51.5 Å². The maximum absolute atomic E-state index is 14.0. The van der Waals surface area contributed by atoms with Crippen LogP contribution in [0.1, 0.15) is 59.0 Å². The standard InChI is InChI=1S/C36H41N5O12S/c1-36(2)28(34(50)51)41-33(54-36)25(35(52)53-3)40-32(49)24(18-10-5-4-6-11-18)39-31(48)21(38-30(47)20-13-8-16-23(43)27(20)45)14-9-17-37-29(46)19-12-7-15-22(42)26(19)44/h4-8,10-13,15-16,21,24-25,28,33,41-45H,9,14,17H2,1-3H3,(H,37,46)(H,38,47)(H,39,48)(H,40,49)(H,50,51)/t21-,24?,25-,28?,33?/m0/s1. The number of phenols is 4. The summed E-state index contributed by atoms with van der Waals surface area (Å²) >= 11 is 1.11. The van der Waals surface area contributed by atoms with Crippen LogP contribution < -0.4 is 26.6 Å². The second kappa shape index (κ2) is 17.7. The summed E-state index contributed by atoms with van der Waals surface area (Å²) in [5.41, 5.74) is -0.285. The first kappa shape index (κ1) is 40.8. The molecule has 0 saturated carbocycles. The summed E-state index contributed by atoms with van der Waals surface area (Å²) in [6.07, 6.45) is -0.0981. The third-order valence-electron chi connectivity index (χ3n) is 8.54. The van der Waals surface area contributed by atoms with Gasteiger partial charge in [0.25, 0.3) is 11.8 Å². The molecule has 1 heterocycles. The Morgan fingerprint density at radius 1 is 0.796 bits per heavy atom. The number of para-hydroxylation sites is 2. The van der Waals surface area contributed by atoms with Crippen LogP contribution in [0.3, 0.4) is 0 Å². The number of hydrogen-bond donors (Lipinski definition) is 10. The molecule has 0 aromatic heterocycles. The van der Waals surface area contributed by atoms with Gasteiger partial charge in [0.05, 0.1) is 23.6 Å². The first-order chi connectivity index (χ1) is 25.5. The molecular formula is C36H41N5O12S. The molecule has 4 amide bonds. The molecule has 0 radical (unpaired) electrons. The molecule has 288 valence electrons. The summed E-state index contributed by atoms with van der Waals surface area (Å²) in [6, 6.07) is 10.1. The van der Waals surface area contributed by atoms with Crippen molar-refractivity contribution >= 4 is 47.3 Å². The topological polar surface area (TPSA) is 273 Å². The SMILES string of the molecule is COC(=O)[C@@H](NC(=O)C(NC(=O)[C@H](CCCNC(=O)c1cccc(O)c1O)NC(=O)c1cccc(O)c1O)c1ccccc1)C1NC(C(=O)O)C(C)(C)S1. The van der Waals surface area contributed by atoms with E-state index in [1.165, 1.54) is 42.5 Å². The van der Waals surface area contributed by atoms with Crippen LogP contribution in [-0.2, 0) is 23.9 Å². The normalized spacial score (nSPS) is 17.6. The number of ether oxygens (including phenoxy) is 1. The van der Waals surface area contributed by atoms with E-state index in [9.17, 15) is 54.3 Å². The summed E-state index contributed by atoms with van der Waals surface area (Å²) in [4.78, 5) is 78.8. The lowest BCUT2D eigenvalue weighted by atomic mass is 10.0. The third kappa shape index (κ3) is 9.69. The molecule has 0 spiro atoms. The molecule has 1 saturated heterocycles. The average molecular weight is 768 g/mol. The van der Waals surface area contributed by atoms with Crippen LogP contribution in [0.5, 0.6) is 23.0 Å². The predicted octanol–water partition coefficient (Wildman–Crippen LogP) is 1.23. The second-order valence-corrected chi connectivity index (χ2v) is 14.5. The molecule has 0 bridgehead atoms. The summed E-state index contributed by atoms with van der Waals surface area (Å²) in [5, 5.41) is 61.9. The van der Waals surface area contributed by atoms with Gasteiger partial charge in [-0.15, -0.1) is 11.8 Å². The van der Waals surface area contributed by atoms with Crippen molar-refractivity contribution in [2.75, 3.05) is 13.7 Å². The number of aromatic hydroxyl groups is 4. The minimum Gasteiger partial charge on any atom is -0.504 e. The van der Waals surface area contributed by atoms with Gasteiger partial charge in [-0.05, 0) is 56.5 Å². The fourth-order valence-electron chi connectivity index (χ4n) is 5.67. The Labute approximate surface area is 313 Å². The Morgan fingerprint density at radius 3 is 1.94 bits per heavy atom. The maximum Gasteiger partial charge on any atom is 0.330 e. The molecule has 3 aromatic carbocycles. The lowest BCUT2D eigenvalue weighted by Crippen LogP contribution is -2.57. The van der Waals surface area contributed by atoms with Gasteiger partial charge in [-0.1, -0.05) is 42.5 Å². The molecule has 3 aromatic rings. The zero-order chi connectivity index (χ0) is 39.7. The Kier molecular flexibility index (Phi) is 13.3. The number of carboxylic acids is 1. The Bertz CT molecular complexity index is 1890. The van der Waals surface area contributed by atoms with Gasteiger partial charge >= 0.3 is 11.9 Å². The number of carbonyl (C=O) groups excluding carboxylic acids is 5. The number of rotatable bonds is 15. The van der Waals surface area contributed by atoms with Crippen molar-refractivity contribution in [1.29, 1.82) is 0 Å². The van der Waals surface area contributed by atoms with Gasteiger partial charge in [0.1, 0.15) is 18.1 Å². The van der Waals surface area contributed by atoms with Crippen LogP contribution >= 0.6 is 11.8 Å². The van der Waals surface area contributed by atoms with E-state index >= 15 is 0 Å².